The molecule has 1 aliphatic rings. The molecular formula is C20H16ClF3N4. The molecule has 144 valence electrons. The van der Waals surface area contributed by atoms with E-state index in [0.29, 0.717) is 23.5 Å². The first-order valence-electron chi connectivity index (χ1n) is 8.73. The molecule has 0 saturated heterocycles. The predicted molar refractivity (Wildman–Crippen MR) is 104 cm³/mol. The summed E-state index contributed by atoms with van der Waals surface area (Å²) < 4.78 is 39.4. The lowest BCUT2D eigenvalue weighted by Crippen LogP contribution is -2.09. The average Bonchev–Trinajstić information content (AvgIpc) is 3.47. The van der Waals surface area contributed by atoms with Crippen molar-refractivity contribution >= 4 is 29.1 Å². The first-order chi connectivity index (χ1) is 13.4. The van der Waals surface area contributed by atoms with Crippen LogP contribution in [0.3, 0.4) is 0 Å². The highest BCUT2D eigenvalue weighted by molar-refractivity contribution is 6.31. The van der Waals surface area contributed by atoms with Gasteiger partial charge in [0, 0.05) is 23.4 Å². The zero-order valence-corrected chi connectivity index (χ0v) is 15.3. The van der Waals surface area contributed by atoms with E-state index in [1.807, 2.05) is 30.3 Å². The van der Waals surface area contributed by atoms with Crippen LogP contribution in [0.25, 0.3) is 11.3 Å². The second-order valence-electron chi connectivity index (χ2n) is 6.56. The lowest BCUT2D eigenvalue weighted by molar-refractivity contribution is -0.137. The molecular weight excluding hydrogens is 389 g/mol. The molecule has 2 aromatic carbocycles. The molecule has 28 heavy (non-hydrogen) atoms. The maximum atomic E-state index is 13.1. The molecule has 1 heterocycles. The first kappa shape index (κ1) is 18.6. The number of nitrogens with one attached hydrogen (secondary N) is 2. The van der Waals surface area contributed by atoms with Crippen LogP contribution in [0, 0.1) is 0 Å². The lowest BCUT2D eigenvalue weighted by atomic mass is 10.1. The van der Waals surface area contributed by atoms with Crippen molar-refractivity contribution in [3.8, 4) is 11.3 Å². The van der Waals surface area contributed by atoms with E-state index in [9.17, 15) is 13.2 Å². The maximum absolute atomic E-state index is 13.1. The van der Waals surface area contributed by atoms with E-state index >= 15 is 0 Å². The molecule has 0 amide bonds. The Morgan fingerprint density at radius 3 is 2.39 bits per heavy atom. The molecule has 1 saturated carbocycles. The highest BCUT2D eigenvalue weighted by Gasteiger charge is 2.33. The van der Waals surface area contributed by atoms with Gasteiger partial charge in [-0.1, -0.05) is 41.9 Å². The largest absolute Gasteiger partial charge is 0.417 e. The van der Waals surface area contributed by atoms with Crippen LogP contribution in [-0.2, 0) is 6.18 Å². The van der Waals surface area contributed by atoms with Gasteiger partial charge in [0.05, 0.1) is 16.3 Å². The molecule has 0 aliphatic heterocycles. The van der Waals surface area contributed by atoms with Crippen LogP contribution >= 0.6 is 11.6 Å². The standard InChI is InChI=1S/C20H16ClF3N4/c21-16-9-8-14(10-15(16)20(22,23)24)25-18-11-17(12-4-2-1-3-5-12)27-19(28-18)26-13-6-7-13/h1-5,8-11,13H,6-7H2,(H2,25,26,27,28). The third kappa shape index (κ3) is 4.36. The van der Waals surface area contributed by atoms with Crippen LogP contribution < -0.4 is 10.6 Å². The second kappa shape index (κ2) is 7.31. The SMILES string of the molecule is FC(F)(F)c1cc(Nc2cc(-c3ccccc3)nc(NC3CC3)n2)ccc1Cl. The fraction of sp³-hybridized carbons (Fsp3) is 0.200. The highest BCUT2D eigenvalue weighted by Crippen LogP contribution is 2.37. The van der Waals surface area contributed by atoms with Crippen molar-refractivity contribution in [3.05, 3.63) is 65.2 Å². The Morgan fingerprint density at radius 1 is 0.964 bits per heavy atom. The third-order valence-corrected chi connectivity index (χ3v) is 4.58. The summed E-state index contributed by atoms with van der Waals surface area (Å²) >= 11 is 5.70. The number of hydrogen-bond acceptors (Lipinski definition) is 4. The van der Waals surface area contributed by atoms with E-state index in [-0.39, 0.29) is 10.7 Å². The van der Waals surface area contributed by atoms with Crippen molar-refractivity contribution in [2.24, 2.45) is 0 Å². The zero-order valence-electron chi connectivity index (χ0n) is 14.6. The highest BCUT2D eigenvalue weighted by atomic mass is 35.5. The van der Waals surface area contributed by atoms with Crippen LogP contribution in [0.2, 0.25) is 5.02 Å². The molecule has 4 rings (SSSR count). The fourth-order valence-electron chi connectivity index (χ4n) is 2.71. The maximum Gasteiger partial charge on any atom is 0.417 e. The van der Waals surface area contributed by atoms with Gasteiger partial charge in [0.25, 0.3) is 0 Å². The number of rotatable bonds is 5. The monoisotopic (exact) mass is 404 g/mol. The summed E-state index contributed by atoms with van der Waals surface area (Å²) in [5.41, 5.74) is 0.907. The molecule has 0 bridgehead atoms. The minimum atomic E-state index is -4.53. The van der Waals surface area contributed by atoms with Crippen LogP contribution in [0.15, 0.2) is 54.6 Å². The summed E-state index contributed by atoms with van der Waals surface area (Å²) in [4.78, 5) is 8.93. The second-order valence-corrected chi connectivity index (χ2v) is 6.97. The molecule has 0 unspecified atom stereocenters. The van der Waals surface area contributed by atoms with E-state index in [1.165, 1.54) is 12.1 Å². The summed E-state index contributed by atoms with van der Waals surface area (Å²) in [6.45, 7) is 0. The fourth-order valence-corrected chi connectivity index (χ4v) is 2.94. The Kier molecular flexibility index (Phi) is 4.85. The minimum absolute atomic E-state index is 0.242. The first-order valence-corrected chi connectivity index (χ1v) is 9.11. The normalized spacial score (nSPS) is 14.0. The quantitative estimate of drug-likeness (QED) is 0.536. The Labute approximate surface area is 164 Å². The van der Waals surface area contributed by atoms with Crippen molar-refractivity contribution in [1.82, 2.24) is 9.97 Å². The topological polar surface area (TPSA) is 49.8 Å². The molecule has 1 aromatic heterocycles. The molecule has 4 nitrogen and oxygen atoms in total. The zero-order chi connectivity index (χ0) is 19.7. The molecule has 8 heteroatoms. The molecule has 0 radical (unpaired) electrons. The van der Waals surface area contributed by atoms with Gasteiger partial charge in [-0.25, -0.2) is 4.98 Å². The number of anilines is 3. The summed E-state index contributed by atoms with van der Waals surface area (Å²) in [7, 11) is 0. The van der Waals surface area contributed by atoms with Crippen LogP contribution in [-0.4, -0.2) is 16.0 Å². The number of halogens is 4. The average molecular weight is 405 g/mol. The molecule has 1 aliphatic carbocycles. The van der Waals surface area contributed by atoms with E-state index in [4.69, 9.17) is 11.6 Å². The Balaban J connectivity index is 1.69. The van der Waals surface area contributed by atoms with Crippen molar-refractivity contribution in [1.29, 1.82) is 0 Å². The van der Waals surface area contributed by atoms with Crippen molar-refractivity contribution in [2.45, 2.75) is 25.1 Å². The van der Waals surface area contributed by atoms with Gasteiger partial charge in [-0.05, 0) is 31.0 Å². The van der Waals surface area contributed by atoms with Gasteiger partial charge in [-0.2, -0.15) is 18.2 Å². The number of nitrogens with zero attached hydrogens (tertiary/aromatic N) is 2. The van der Waals surface area contributed by atoms with Gasteiger partial charge in [-0.15, -0.1) is 0 Å². The van der Waals surface area contributed by atoms with Crippen molar-refractivity contribution in [2.75, 3.05) is 10.6 Å². The Hall–Kier alpha value is -2.80. The van der Waals surface area contributed by atoms with Crippen LogP contribution in [0.4, 0.5) is 30.6 Å². The summed E-state index contributed by atoms with van der Waals surface area (Å²) in [6.07, 6.45) is -2.43. The van der Waals surface area contributed by atoms with Crippen molar-refractivity contribution < 1.29 is 13.2 Å². The van der Waals surface area contributed by atoms with Gasteiger partial charge < -0.3 is 10.6 Å². The van der Waals surface area contributed by atoms with E-state index in [0.717, 1.165) is 24.5 Å². The van der Waals surface area contributed by atoms with Crippen LogP contribution in [0.1, 0.15) is 18.4 Å². The predicted octanol–water partition coefficient (Wildman–Crippen LogP) is 6.13. The number of aromatic nitrogens is 2. The molecule has 1 fully saturated rings. The number of hydrogen-bond donors (Lipinski definition) is 2. The molecule has 0 atom stereocenters. The van der Waals surface area contributed by atoms with Crippen LogP contribution in [0.5, 0.6) is 0 Å². The molecule has 0 spiro atoms. The summed E-state index contributed by atoms with van der Waals surface area (Å²) in [5, 5.41) is 5.83. The van der Waals surface area contributed by atoms with Gasteiger partial charge >= 0.3 is 6.18 Å². The smallest absolute Gasteiger partial charge is 0.351 e. The Bertz CT molecular complexity index is 988. The molecule has 3 aromatic rings. The van der Waals surface area contributed by atoms with E-state index in [2.05, 4.69) is 20.6 Å². The van der Waals surface area contributed by atoms with E-state index in [1.54, 1.807) is 6.07 Å². The summed E-state index contributed by atoms with van der Waals surface area (Å²) in [5.74, 6) is 0.837. The van der Waals surface area contributed by atoms with Crippen molar-refractivity contribution in [3.63, 3.8) is 0 Å². The van der Waals surface area contributed by atoms with Gasteiger partial charge in [-0.3, -0.25) is 0 Å². The van der Waals surface area contributed by atoms with E-state index < -0.39 is 11.7 Å². The van der Waals surface area contributed by atoms with Gasteiger partial charge in [0.1, 0.15) is 5.82 Å². The summed E-state index contributed by atoms with van der Waals surface area (Å²) in [6, 6.07) is 15.2. The third-order valence-electron chi connectivity index (χ3n) is 4.25. The van der Waals surface area contributed by atoms with Gasteiger partial charge in [0.15, 0.2) is 0 Å². The molecule has 2 N–H and O–H groups in total. The number of benzene rings is 2. The number of alkyl halides is 3. The van der Waals surface area contributed by atoms with Gasteiger partial charge in [0.2, 0.25) is 5.95 Å². The lowest BCUT2D eigenvalue weighted by Gasteiger charge is -2.14. The minimum Gasteiger partial charge on any atom is -0.351 e. The Morgan fingerprint density at radius 2 is 1.71 bits per heavy atom.